The summed E-state index contributed by atoms with van der Waals surface area (Å²) < 4.78 is 12.0. The van der Waals surface area contributed by atoms with Crippen LogP contribution in [0.3, 0.4) is 0 Å². The van der Waals surface area contributed by atoms with Crippen molar-refractivity contribution >= 4 is 28.3 Å². The normalized spacial score (nSPS) is 10.3. The van der Waals surface area contributed by atoms with Gasteiger partial charge in [0, 0.05) is 12.1 Å². The second-order valence-electron chi connectivity index (χ2n) is 4.56. The summed E-state index contributed by atoms with van der Waals surface area (Å²) in [6.07, 6.45) is 0. The summed E-state index contributed by atoms with van der Waals surface area (Å²) in [5.74, 6) is 2.09. The van der Waals surface area contributed by atoms with Crippen LogP contribution in [0.25, 0.3) is 0 Å². The minimum Gasteiger partial charge on any atom is -0.496 e. The number of nitro benzene ring substituents is 1. The molecule has 2 aromatic rings. The number of nitrogens with zero attached hydrogens (tertiary/aromatic N) is 1. The molecule has 0 aromatic heterocycles. The van der Waals surface area contributed by atoms with E-state index in [0.29, 0.717) is 11.5 Å². The number of hydrogen-bond acceptors (Lipinski definition) is 4. The first-order chi connectivity index (χ1) is 9.92. The molecule has 0 bridgehead atoms. The second-order valence-corrected chi connectivity index (χ2v) is 5.73. The first-order valence-electron chi connectivity index (χ1n) is 6.19. The molecule has 0 saturated carbocycles. The molecule has 0 saturated heterocycles. The van der Waals surface area contributed by atoms with Crippen LogP contribution in [0.2, 0.25) is 0 Å². The summed E-state index contributed by atoms with van der Waals surface area (Å²) in [4.78, 5) is 10.4. The Hall–Kier alpha value is -1.83. The summed E-state index contributed by atoms with van der Waals surface area (Å²) in [6, 6.07) is 8.52. The largest absolute Gasteiger partial charge is 0.496 e. The minimum absolute atomic E-state index is 0.0710. The van der Waals surface area contributed by atoms with Crippen LogP contribution in [0.4, 0.5) is 5.69 Å². The van der Waals surface area contributed by atoms with E-state index in [1.165, 1.54) is 12.1 Å². The summed E-state index contributed by atoms with van der Waals surface area (Å²) in [5.41, 5.74) is 1.53. The van der Waals surface area contributed by atoms with E-state index in [2.05, 4.69) is 22.6 Å². The van der Waals surface area contributed by atoms with Crippen LogP contribution < -0.4 is 9.47 Å². The zero-order valence-corrected chi connectivity index (χ0v) is 14.0. The lowest BCUT2D eigenvalue weighted by molar-refractivity contribution is -0.385. The molecule has 21 heavy (non-hydrogen) atoms. The molecule has 0 fully saturated rings. The maximum atomic E-state index is 10.8. The van der Waals surface area contributed by atoms with E-state index in [1.54, 1.807) is 27.0 Å². The molecule has 0 unspecified atom stereocenters. The predicted molar refractivity (Wildman–Crippen MR) is 88.4 cm³/mol. The molecule has 0 radical (unpaired) electrons. The van der Waals surface area contributed by atoms with E-state index in [0.717, 1.165) is 20.4 Å². The fourth-order valence-electron chi connectivity index (χ4n) is 2.02. The van der Waals surface area contributed by atoms with Gasteiger partial charge in [0.05, 0.1) is 15.6 Å². The quantitative estimate of drug-likeness (QED) is 0.428. The number of rotatable bonds is 4. The lowest BCUT2D eigenvalue weighted by atomic mass is 10.1. The second kappa shape index (κ2) is 6.30. The molecule has 2 aromatic carbocycles. The van der Waals surface area contributed by atoms with Crippen molar-refractivity contribution in [2.45, 2.75) is 13.8 Å². The maximum Gasteiger partial charge on any atom is 0.270 e. The molecule has 6 heteroatoms. The van der Waals surface area contributed by atoms with Gasteiger partial charge < -0.3 is 9.47 Å². The molecule has 0 spiro atoms. The van der Waals surface area contributed by atoms with Crippen molar-refractivity contribution in [3.63, 3.8) is 0 Å². The number of halogens is 1. The topological polar surface area (TPSA) is 61.6 Å². The van der Waals surface area contributed by atoms with Crippen LogP contribution in [0.1, 0.15) is 11.1 Å². The first-order valence-corrected chi connectivity index (χ1v) is 7.27. The van der Waals surface area contributed by atoms with Gasteiger partial charge in [-0.25, -0.2) is 0 Å². The fourth-order valence-corrected chi connectivity index (χ4v) is 2.73. The van der Waals surface area contributed by atoms with E-state index in [-0.39, 0.29) is 5.69 Å². The zero-order chi connectivity index (χ0) is 15.6. The van der Waals surface area contributed by atoms with Gasteiger partial charge in [0.2, 0.25) is 0 Å². The number of ether oxygens (including phenoxy) is 2. The van der Waals surface area contributed by atoms with Crippen molar-refractivity contribution < 1.29 is 14.4 Å². The van der Waals surface area contributed by atoms with E-state index < -0.39 is 4.92 Å². The number of hydrogen-bond donors (Lipinski definition) is 0. The van der Waals surface area contributed by atoms with Crippen molar-refractivity contribution in [3.05, 3.63) is 55.1 Å². The van der Waals surface area contributed by atoms with Gasteiger partial charge in [0.25, 0.3) is 5.69 Å². The third-order valence-corrected chi connectivity index (χ3v) is 3.84. The summed E-state index contributed by atoms with van der Waals surface area (Å²) in [7, 11) is 1.61. The van der Waals surface area contributed by atoms with E-state index >= 15 is 0 Å². The van der Waals surface area contributed by atoms with Crippen LogP contribution >= 0.6 is 22.6 Å². The average molecular weight is 399 g/mol. The molecule has 0 N–H and O–H groups in total. The molecule has 0 aliphatic carbocycles. The molecule has 0 aliphatic rings. The lowest BCUT2D eigenvalue weighted by Gasteiger charge is -2.13. The van der Waals surface area contributed by atoms with E-state index in [1.807, 2.05) is 12.1 Å². The number of non-ortho nitro benzene ring substituents is 1. The molecule has 0 amide bonds. The van der Waals surface area contributed by atoms with Crippen molar-refractivity contribution in [3.8, 4) is 17.2 Å². The standard InChI is InChI=1S/C15H14INO4/c1-9-6-11(17(18)19)7-10(2)15(9)21-12-4-5-14(20-3)13(16)8-12/h4-8H,1-3H3. The van der Waals surface area contributed by atoms with Crippen molar-refractivity contribution in [1.82, 2.24) is 0 Å². The van der Waals surface area contributed by atoms with Gasteiger partial charge in [-0.2, -0.15) is 0 Å². The SMILES string of the molecule is COc1ccc(Oc2c(C)cc([N+](=O)[O-])cc2C)cc1I. The highest BCUT2D eigenvalue weighted by Crippen LogP contribution is 2.34. The van der Waals surface area contributed by atoms with Crippen LogP contribution in [0.15, 0.2) is 30.3 Å². The number of methoxy groups -OCH3 is 1. The van der Waals surface area contributed by atoms with Crippen molar-refractivity contribution in [1.29, 1.82) is 0 Å². The van der Waals surface area contributed by atoms with Crippen LogP contribution in [0.5, 0.6) is 17.2 Å². The monoisotopic (exact) mass is 399 g/mol. The molecular weight excluding hydrogens is 385 g/mol. The Morgan fingerprint density at radius 3 is 2.24 bits per heavy atom. The highest BCUT2D eigenvalue weighted by atomic mass is 127. The minimum atomic E-state index is -0.403. The van der Waals surface area contributed by atoms with Gasteiger partial charge in [0.1, 0.15) is 17.2 Å². The molecule has 0 heterocycles. The molecule has 0 aliphatic heterocycles. The highest BCUT2D eigenvalue weighted by molar-refractivity contribution is 14.1. The average Bonchev–Trinajstić information content (AvgIpc) is 2.42. The maximum absolute atomic E-state index is 10.8. The molecule has 110 valence electrons. The number of benzene rings is 2. The third-order valence-electron chi connectivity index (χ3n) is 3.00. The van der Waals surface area contributed by atoms with Gasteiger partial charge in [-0.3, -0.25) is 10.1 Å². The Bertz CT molecular complexity index is 677. The molecular formula is C15H14INO4. The number of nitro groups is 1. The Morgan fingerprint density at radius 2 is 1.76 bits per heavy atom. The van der Waals surface area contributed by atoms with Crippen molar-refractivity contribution in [2.24, 2.45) is 0 Å². The van der Waals surface area contributed by atoms with E-state index in [9.17, 15) is 10.1 Å². The van der Waals surface area contributed by atoms with Gasteiger partial charge >= 0.3 is 0 Å². The van der Waals surface area contributed by atoms with Crippen LogP contribution in [-0.2, 0) is 0 Å². The Kier molecular flexibility index (Phi) is 4.66. The van der Waals surface area contributed by atoms with Crippen molar-refractivity contribution in [2.75, 3.05) is 7.11 Å². The van der Waals surface area contributed by atoms with Gasteiger partial charge in [-0.05, 0) is 65.8 Å². The summed E-state index contributed by atoms with van der Waals surface area (Å²) >= 11 is 2.17. The molecule has 0 atom stereocenters. The van der Waals surface area contributed by atoms with Gasteiger partial charge in [0.15, 0.2) is 0 Å². The van der Waals surface area contributed by atoms with Gasteiger partial charge in [-0.15, -0.1) is 0 Å². The predicted octanol–water partition coefficient (Wildman–Crippen LogP) is 4.62. The first kappa shape index (κ1) is 15.6. The highest BCUT2D eigenvalue weighted by Gasteiger charge is 2.14. The van der Waals surface area contributed by atoms with Gasteiger partial charge in [-0.1, -0.05) is 0 Å². The lowest BCUT2D eigenvalue weighted by Crippen LogP contribution is -1.96. The Balaban J connectivity index is 2.35. The summed E-state index contributed by atoms with van der Waals surface area (Å²) in [6.45, 7) is 3.59. The summed E-state index contributed by atoms with van der Waals surface area (Å²) in [5, 5.41) is 10.8. The Labute approximate surface area is 136 Å². The number of aryl methyl sites for hydroxylation is 2. The third kappa shape index (κ3) is 3.44. The molecule has 5 nitrogen and oxygen atoms in total. The fraction of sp³-hybridized carbons (Fsp3) is 0.200. The smallest absolute Gasteiger partial charge is 0.270 e. The van der Waals surface area contributed by atoms with Crippen LogP contribution in [0, 0.1) is 27.5 Å². The Morgan fingerprint density at radius 1 is 1.14 bits per heavy atom. The van der Waals surface area contributed by atoms with Crippen LogP contribution in [-0.4, -0.2) is 12.0 Å². The zero-order valence-electron chi connectivity index (χ0n) is 11.8. The molecule has 2 rings (SSSR count). The van der Waals surface area contributed by atoms with E-state index in [4.69, 9.17) is 9.47 Å².